The summed E-state index contributed by atoms with van der Waals surface area (Å²) in [5, 5.41) is 1.48. The van der Waals surface area contributed by atoms with Crippen LogP contribution in [0.15, 0.2) is 18.2 Å². The van der Waals surface area contributed by atoms with E-state index in [1.54, 1.807) is 0 Å². The summed E-state index contributed by atoms with van der Waals surface area (Å²) in [6.07, 6.45) is 0. The van der Waals surface area contributed by atoms with E-state index in [0.717, 1.165) is 16.6 Å². The lowest BCUT2D eigenvalue weighted by Crippen LogP contribution is -1.98. The zero-order chi connectivity index (χ0) is 8.97. The minimum Gasteiger partial charge on any atom is -0.491 e. The summed E-state index contributed by atoms with van der Waals surface area (Å²) in [5.74, 6) is 0.760. The molecule has 3 heteroatoms. The number of aryl methyl sites for hydroxylation is 1. The largest absolute Gasteiger partial charge is 0.491 e. The Hall–Kier alpha value is -0.210. The molecule has 0 radical (unpaired) electrons. The van der Waals surface area contributed by atoms with Gasteiger partial charge < -0.3 is 4.74 Å². The number of halogens is 2. The van der Waals surface area contributed by atoms with Crippen LogP contribution in [0.25, 0.3) is 0 Å². The zero-order valence-corrected chi connectivity index (χ0v) is 9.15. The zero-order valence-electron chi connectivity index (χ0n) is 6.81. The molecule has 1 aromatic rings. The maximum Gasteiger partial charge on any atom is 0.138 e. The number of alkyl halides is 1. The first kappa shape index (κ1) is 9.87. The third-order valence-electron chi connectivity index (χ3n) is 1.42. The molecule has 0 N–H and O–H groups in total. The van der Waals surface area contributed by atoms with Crippen LogP contribution < -0.4 is 4.74 Å². The predicted molar refractivity (Wildman–Crippen MR) is 55.5 cm³/mol. The van der Waals surface area contributed by atoms with E-state index in [4.69, 9.17) is 16.3 Å². The third kappa shape index (κ3) is 2.68. The van der Waals surface area contributed by atoms with E-state index in [0.29, 0.717) is 11.6 Å². The van der Waals surface area contributed by atoms with Crippen molar-refractivity contribution >= 4 is 27.5 Å². The lowest BCUT2D eigenvalue weighted by atomic mass is 10.2. The first-order valence-electron chi connectivity index (χ1n) is 3.69. The fourth-order valence-electron chi connectivity index (χ4n) is 0.870. The van der Waals surface area contributed by atoms with Crippen LogP contribution in [0.5, 0.6) is 5.75 Å². The van der Waals surface area contributed by atoms with Crippen molar-refractivity contribution in [1.29, 1.82) is 0 Å². The molecule has 0 saturated carbocycles. The van der Waals surface area contributed by atoms with Crippen LogP contribution in [0, 0.1) is 6.92 Å². The van der Waals surface area contributed by atoms with Crippen LogP contribution in [0.3, 0.4) is 0 Å². The molecule has 0 aliphatic rings. The molecule has 0 aliphatic carbocycles. The van der Waals surface area contributed by atoms with Gasteiger partial charge in [0.2, 0.25) is 0 Å². The minimum absolute atomic E-state index is 0.642. The molecule has 0 spiro atoms. The quantitative estimate of drug-likeness (QED) is 0.746. The molecule has 12 heavy (non-hydrogen) atoms. The number of benzene rings is 1. The van der Waals surface area contributed by atoms with Crippen molar-refractivity contribution in [1.82, 2.24) is 0 Å². The Morgan fingerprint density at radius 1 is 1.50 bits per heavy atom. The van der Waals surface area contributed by atoms with Gasteiger partial charge in [0.1, 0.15) is 5.75 Å². The fourth-order valence-corrected chi connectivity index (χ4v) is 1.20. The van der Waals surface area contributed by atoms with Crippen LogP contribution in [-0.2, 0) is 0 Å². The van der Waals surface area contributed by atoms with Gasteiger partial charge in [-0.3, -0.25) is 0 Å². The van der Waals surface area contributed by atoms with Crippen molar-refractivity contribution in [2.75, 3.05) is 11.9 Å². The van der Waals surface area contributed by atoms with Crippen LogP contribution >= 0.6 is 27.5 Å². The topological polar surface area (TPSA) is 9.23 Å². The van der Waals surface area contributed by atoms with Gasteiger partial charge in [-0.25, -0.2) is 0 Å². The summed E-state index contributed by atoms with van der Waals surface area (Å²) < 4.78 is 5.39. The van der Waals surface area contributed by atoms with Gasteiger partial charge in [0.25, 0.3) is 0 Å². The van der Waals surface area contributed by atoms with E-state index >= 15 is 0 Å². The highest BCUT2D eigenvalue weighted by atomic mass is 79.9. The van der Waals surface area contributed by atoms with Crippen molar-refractivity contribution in [3.63, 3.8) is 0 Å². The highest BCUT2D eigenvalue weighted by molar-refractivity contribution is 9.09. The van der Waals surface area contributed by atoms with Crippen molar-refractivity contribution in [2.24, 2.45) is 0 Å². The Morgan fingerprint density at radius 2 is 2.25 bits per heavy atom. The van der Waals surface area contributed by atoms with Crippen molar-refractivity contribution in [3.05, 3.63) is 28.8 Å². The standard InChI is InChI=1S/C9H10BrClO/c1-7-2-3-8(11)9(6-7)12-5-4-10/h2-3,6H,4-5H2,1H3. The summed E-state index contributed by atoms with van der Waals surface area (Å²) >= 11 is 9.17. The van der Waals surface area contributed by atoms with Gasteiger partial charge in [0.15, 0.2) is 0 Å². The fraction of sp³-hybridized carbons (Fsp3) is 0.333. The van der Waals surface area contributed by atoms with Crippen LogP contribution in [0.4, 0.5) is 0 Å². The van der Waals surface area contributed by atoms with E-state index in [2.05, 4.69) is 15.9 Å². The average Bonchev–Trinajstić information content (AvgIpc) is 2.07. The van der Waals surface area contributed by atoms with Gasteiger partial charge in [0.05, 0.1) is 11.6 Å². The van der Waals surface area contributed by atoms with Gasteiger partial charge >= 0.3 is 0 Å². The van der Waals surface area contributed by atoms with Crippen LogP contribution in [-0.4, -0.2) is 11.9 Å². The van der Waals surface area contributed by atoms with Gasteiger partial charge in [0, 0.05) is 5.33 Å². The van der Waals surface area contributed by atoms with Gasteiger partial charge in [-0.2, -0.15) is 0 Å². The Balaban J connectivity index is 2.75. The second-order valence-electron chi connectivity index (χ2n) is 2.47. The normalized spacial score (nSPS) is 9.92. The summed E-state index contributed by atoms with van der Waals surface area (Å²) in [4.78, 5) is 0. The van der Waals surface area contributed by atoms with E-state index in [1.807, 2.05) is 25.1 Å². The minimum atomic E-state index is 0.642. The maximum atomic E-state index is 5.89. The first-order valence-corrected chi connectivity index (χ1v) is 5.19. The molecule has 0 unspecified atom stereocenters. The molecule has 0 aromatic heterocycles. The van der Waals surface area contributed by atoms with Crippen molar-refractivity contribution in [3.8, 4) is 5.75 Å². The van der Waals surface area contributed by atoms with Gasteiger partial charge in [-0.15, -0.1) is 0 Å². The molecule has 0 fully saturated rings. The van der Waals surface area contributed by atoms with Gasteiger partial charge in [-0.1, -0.05) is 33.6 Å². The van der Waals surface area contributed by atoms with E-state index in [9.17, 15) is 0 Å². The number of hydrogen-bond acceptors (Lipinski definition) is 1. The molecule has 1 rings (SSSR count). The van der Waals surface area contributed by atoms with E-state index in [1.165, 1.54) is 0 Å². The molecule has 1 aromatic carbocycles. The molecular formula is C9H10BrClO. The Labute approximate surface area is 85.8 Å². The lowest BCUT2D eigenvalue weighted by molar-refractivity contribution is 0.345. The van der Waals surface area contributed by atoms with Crippen LogP contribution in [0.1, 0.15) is 5.56 Å². The molecule has 0 heterocycles. The second kappa shape index (κ2) is 4.73. The monoisotopic (exact) mass is 248 g/mol. The van der Waals surface area contributed by atoms with Crippen LogP contribution in [0.2, 0.25) is 5.02 Å². The molecule has 66 valence electrons. The maximum absolute atomic E-state index is 5.89. The van der Waals surface area contributed by atoms with Crippen molar-refractivity contribution < 1.29 is 4.74 Å². The number of rotatable bonds is 3. The summed E-state index contributed by atoms with van der Waals surface area (Å²) in [6, 6.07) is 5.74. The molecule has 0 aliphatic heterocycles. The Kier molecular flexibility index (Phi) is 3.89. The first-order chi connectivity index (χ1) is 5.74. The molecule has 0 saturated heterocycles. The summed E-state index contributed by atoms with van der Waals surface area (Å²) in [6.45, 7) is 2.65. The lowest BCUT2D eigenvalue weighted by Gasteiger charge is -2.06. The predicted octanol–water partition coefficient (Wildman–Crippen LogP) is 3.42. The Morgan fingerprint density at radius 3 is 2.92 bits per heavy atom. The summed E-state index contributed by atoms with van der Waals surface area (Å²) in [5.41, 5.74) is 1.16. The smallest absolute Gasteiger partial charge is 0.138 e. The second-order valence-corrected chi connectivity index (χ2v) is 3.67. The van der Waals surface area contributed by atoms with Crippen molar-refractivity contribution in [2.45, 2.75) is 6.92 Å². The molecule has 0 amide bonds. The molecule has 0 bridgehead atoms. The molecule has 1 nitrogen and oxygen atoms in total. The average molecular weight is 250 g/mol. The summed E-state index contributed by atoms with van der Waals surface area (Å²) in [7, 11) is 0. The molecule has 0 atom stereocenters. The number of hydrogen-bond donors (Lipinski definition) is 0. The third-order valence-corrected chi connectivity index (χ3v) is 2.06. The SMILES string of the molecule is Cc1ccc(Cl)c(OCCBr)c1. The number of ether oxygens (including phenoxy) is 1. The van der Waals surface area contributed by atoms with E-state index < -0.39 is 0 Å². The Bertz CT molecular complexity index is 263. The molecular weight excluding hydrogens is 239 g/mol. The van der Waals surface area contributed by atoms with Gasteiger partial charge in [-0.05, 0) is 24.6 Å². The van der Waals surface area contributed by atoms with E-state index in [-0.39, 0.29) is 0 Å². The highest BCUT2D eigenvalue weighted by Gasteiger charge is 1.99. The highest BCUT2D eigenvalue weighted by Crippen LogP contribution is 2.24.